The van der Waals surface area contributed by atoms with E-state index in [2.05, 4.69) is 20.9 Å². The topological polar surface area (TPSA) is 256 Å². The van der Waals surface area contributed by atoms with E-state index in [1.165, 1.54) is 17.0 Å². The predicted molar refractivity (Wildman–Crippen MR) is 177 cm³/mol. The summed E-state index contributed by atoms with van der Waals surface area (Å²) in [7, 11) is 0. The fourth-order valence-corrected chi connectivity index (χ4v) is 5.41. The number of nitrogens with one attached hydrogen (secondary N) is 3. The van der Waals surface area contributed by atoms with Gasteiger partial charge in [-0.25, -0.2) is 4.79 Å². The predicted octanol–water partition coefficient (Wildman–Crippen LogP) is -0.0622. The maximum absolute atomic E-state index is 13.8. The number of likely N-dealkylation sites (tertiary alicyclic amines) is 1. The number of phenols is 1. The number of nitrogens with two attached hydrogens (primary N) is 3. The maximum atomic E-state index is 13.8. The van der Waals surface area contributed by atoms with Crippen LogP contribution in [0.5, 0.6) is 5.75 Å². The van der Waals surface area contributed by atoms with E-state index in [0.717, 1.165) is 0 Å². The van der Waals surface area contributed by atoms with E-state index >= 15 is 0 Å². The van der Waals surface area contributed by atoms with Crippen LogP contribution in [-0.2, 0) is 30.4 Å². The number of aliphatic carboxylic acids is 1. The van der Waals surface area contributed by atoms with Crippen LogP contribution in [0.4, 0.5) is 0 Å². The van der Waals surface area contributed by atoms with Gasteiger partial charge in [0.25, 0.3) is 0 Å². The Labute approximate surface area is 276 Å². The summed E-state index contributed by atoms with van der Waals surface area (Å²) in [6, 6.07) is 1.01. The lowest BCUT2D eigenvalue weighted by Gasteiger charge is -2.30. The fraction of sp³-hybridized carbons (Fsp3) is 0.625. The van der Waals surface area contributed by atoms with Gasteiger partial charge in [0.05, 0.1) is 6.04 Å². The van der Waals surface area contributed by atoms with Crippen LogP contribution in [-0.4, -0.2) is 94.0 Å². The van der Waals surface area contributed by atoms with Crippen LogP contribution in [0.1, 0.15) is 71.8 Å². The summed E-state index contributed by atoms with van der Waals surface area (Å²) in [5, 5.41) is 27.5. The Balaban J connectivity index is 2.26. The molecule has 1 fully saturated rings. The Kier molecular flexibility index (Phi) is 15.4. The second kappa shape index (κ2) is 18.7. The number of carbonyl (C=O) groups excluding carboxylic acids is 4. The molecule has 262 valence electrons. The SMILES string of the molecule is CCC(C)C(NC(=O)C(Cc1ccc(O)cc1)NC(=O)C1CCCN1C(=O)C(N)CCCN=C(N)N)C(=O)NC(CC(C)C)C(=O)O. The van der Waals surface area contributed by atoms with E-state index in [1.807, 2.05) is 20.8 Å². The van der Waals surface area contributed by atoms with Gasteiger partial charge in [-0.05, 0) is 61.6 Å². The van der Waals surface area contributed by atoms with E-state index in [9.17, 15) is 34.2 Å². The van der Waals surface area contributed by atoms with Crippen LogP contribution in [0.25, 0.3) is 0 Å². The first kappa shape index (κ1) is 38.8. The highest BCUT2D eigenvalue weighted by Crippen LogP contribution is 2.20. The second-order valence-corrected chi connectivity index (χ2v) is 12.6. The molecule has 6 atom stereocenters. The van der Waals surface area contributed by atoms with Gasteiger partial charge in [0, 0.05) is 19.5 Å². The van der Waals surface area contributed by atoms with E-state index < -0.39 is 59.8 Å². The van der Waals surface area contributed by atoms with E-state index in [4.69, 9.17) is 17.2 Å². The number of aromatic hydroxyl groups is 1. The highest BCUT2D eigenvalue weighted by molar-refractivity contribution is 5.96. The molecule has 0 radical (unpaired) electrons. The van der Waals surface area contributed by atoms with Gasteiger partial charge >= 0.3 is 5.97 Å². The van der Waals surface area contributed by atoms with Crippen LogP contribution in [0.2, 0.25) is 0 Å². The Morgan fingerprint density at radius 1 is 1.00 bits per heavy atom. The summed E-state index contributed by atoms with van der Waals surface area (Å²) in [5.41, 5.74) is 17.5. The number of phenolic OH excluding ortho intramolecular Hbond substituents is 1. The lowest BCUT2D eigenvalue weighted by Crippen LogP contribution is -2.59. The Bertz CT molecular complexity index is 1250. The molecule has 1 saturated heterocycles. The van der Waals surface area contributed by atoms with Crippen molar-refractivity contribution in [2.75, 3.05) is 13.1 Å². The average Bonchev–Trinajstić information content (AvgIpc) is 3.51. The molecule has 0 bridgehead atoms. The number of hydrogen-bond donors (Lipinski definition) is 8. The standard InChI is InChI=1S/C32H52N8O7/c1-5-19(4)26(29(44)38-24(31(46)47)16-18(2)3)39-27(42)23(17-20-10-12-21(41)13-11-20)37-28(43)25-9-7-15-40(25)30(45)22(33)8-6-14-36-32(34)35/h10-13,18-19,22-26,41H,5-9,14-17,33H2,1-4H3,(H,37,43)(H,38,44)(H,39,42)(H,46,47)(H4,34,35,36). The monoisotopic (exact) mass is 660 g/mol. The molecule has 1 heterocycles. The van der Waals surface area contributed by atoms with Crippen molar-refractivity contribution >= 4 is 35.6 Å². The zero-order valence-corrected chi connectivity index (χ0v) is 27.8. The summed E-state index contributed by atoms with van der Waals surface area (Å²) in [4.78, 5) is 71.2. The number of benzene rings is 1. The van der Waals surface area contributed by atoms with Crippen molar-refractivity contribution in [3.05, 3.63) is 29.8 Å². The van der Waals surface area contributed by atoms with Crippen LogP contribution < -0.4 is 33.2 Å². The molecule has 0 aliphatic carbocycles. The van der Waals surface area contributed by atoms with Crippen LogP contribution >= 0.6 is 0 Å². The first-order valence-electron chi connectivity index (χ1n) is 16.2. The molecule has 1 aromatic rings. The number of amides is 4. The van der Waals surface area contributed by atoms with Gasteiger partial charge in [-0.1, -0.05) is 46.2 Å². The van der Waals surface area contributed by atoms with E-state index in [-0.39, 0.29) is 36.4 Å². The smallest absolute Gasteiger partial charge is 0.326 e. The molecule has 0 aromatic heterocycles. The molecule has 0 spiro atoms. The zero-order valence-electron chi connectivity index (χ0n) is 27.8. The number of nitrogens with zero attached hydrogens (tertiary/aromatic N) is 2. The van der Waals surface area contributed by atoms with Crippen molar-refractivity contribution in [1.29, 1.82) is 0 Å². The summed E-state index contributed by atoms with van der Waals surface area (Å²) in [5.74, 6) is -3.82. The highest BCUT2D eigenvalue weighted by Gasteiger charge is 2.38. The minimum Gasteiger partial charge on any atom is -0.508 e. The normalized spacial score (nSPS) is 17.6. The zero-order chi connectivity index (χ0) is 35.3. The Morgan fingerprint density at radius 3 is 2.23 bits per heavy atom. The van der Waals surface area contributed by atoms with Gasteiger partial charge in [0.1, 0.15) is 29.9 Å². The molecule has 6 unspecified atom stereocenters. The highest BCUT2D eigenvalue weighted by atomic mass is 16.4. The van der Waals surface area contributed by atoms with Crippen molar-refractivity contribution < 1.29 is 34.2 Å². The molecular weight excluding hydrogens is 608 g/mol. The van der Waals surface area contributed by atoms with Gasteiger partial charge < -0.3 is 48.3 Å². The lowest BCUT2D eigenvalue weighted by atomic mass is 9.96. The number of rotatable bonds is 18. The number of guanidine groups is 1. The number of carboxylic acids is 1. The van der Waals surface area contributed by atoms with Crippen molar-refractivity contribution in [2.24, 2.45) is 34.0 Å². The molecule has 2 rings (SSSR count). The lowest BCUT2D eigenvalue weighted by molar-refractivity contribution is -0.143. The third kappa shape index (κ3) is 12.4. The van der Waals surface area contributed by atoms with Crippen LogP contribution in [0.15, 0.2) is 29.3 Å². The Hall–Kier alpha value is -4.40. The van der Waals surface area contributed by atoms with Crippen LogP contribution in [0, 0.1) is 11.8 Å². The number of carbonyl (C=O) groups is 5. The first-order chi connectivity index (χ1) is 22.1. The third-order valence-corrected chi connectivity index (χ3v) is 8.25. The minimum absolute atomic E-state index is 0.000724. The largest absolute Gasteiger partial charge is 0.508 e. The van der Waals surface area contributed by atoms with E-state index in [1.54, 1.807) is 19.1 Å². The summed E-state index contributed by atoms with van der Waals surface area (Å²) >= 11 is 0. The summed E-state index contributed by atoms with van der Waals surface area (Å²) < 4.78 is 0. The van der Waals surface area contributed by atoms with Crippen molar-refractivity contribution in [3.8, 4) is 5.75 Å². The number of aliphatic imine (C=N–C) groups is 1. The molecule has 1 aromatic carbocycles. The third-order valence-electron chi connectivity index (χ3n) is 8.25. The van der Waals surface area contributed by atoms with Crippen molar-refractivity contribution in [1.82, 2.24) is 20.9 Å². The quantitative estimate of drug-likeness (QED) is 0.0591. The van der Waals surface area contributed by atoms with Gasteiger partial charge in [-0.15, -0.1) is 0 Å². The summed E-state index contributed by atoms with van der Waals surface area (Å²) in [6.45, 7) is 7.92. The molecule has 11 N–H and O–H groups in total. The Morgan fingerprint density at radius 2 is 1.66 bits per heavy atom. The van der Waals surface area contributed by atoms with E-state index in [0.29, 0.717) is 50.8 Å². The molecule has 4 amide bonds. The average molecular weight is 661 g/mol. The number of hydrogen-bond acceptors (Lipinski definition) is 8. The van der Waals surface area contributed by atoms with Gasteiger partial charge in [-0.3, -0.25) is 24.2 Å². The van der Waals surface area contributed by atoms with Crippen LogP contribution in [0.3, 0.4) is 0 Å². The number of carboxylic acid groups (broad SMARTS) is 1. The van der Waals surface area contributed by atoms with Crippen molar-refractivity contribution in [2.45, 2.75) is 103 Å². The molecule has 15 heteroatoms. The first-order valence-corrected chi connectivity index (χ1v) is 16.2. The minimum atomic E-state index is -1.18. The fourth-order valence-electron chi connectivity index (χ4n) is 5.41. The summed E-state index contributed by atoms with van der Waals surface area (Å²) in [6.07, 6.45) is 2.44. The molecule has 15 nitrogen and oxygen atoms in total. The second-order valence-electron chi connectivity index (χ2n) is 12.6. The van der Waals surface area contributed by atoms with Gasteiger partial charge in [0.2, 0.25) is 23.6 Å². The van der Waals surface area contributed by atoms with Crippen molar-refractivity contribution in [3.63, 3.8) is 0 Å². The molecule has 0 saturated carbocycles. The van der Waals surface area contributed by atoms with Gasteiger partial charge in [-0.2, -0.15) is 0 Å². The molecular formula is C32H52N8O7. The van der Waals surface area contributed by atoms with Gasteiger partial charge in [0.15, 0.2) is 5.96 Å². The molecule has 47 heavy (non-hydrogen) atoms. The maximum Gasteiger partial charge on any atom is 0.326 e. The molecule has 1 aliphatic rings. The molecule has 1 aliphatic heterocycles.